The van der Waals surface area contributed by atoms with Gasteiger partial charge in [0.05, 0.1) is 12.7 Å². The Kier molecular flexibility index (Phi) is 5.59. The topological polar surface area (TPSA) is 70.3 Å². The second-order valence-electron chi connectivity index (χ2n) is 3.68. The van der Waals surface area contributed by atoms with Crippen LogP contribution in [0, 0.1) is 17.2 Å². The Hall–Kier alpha value is -2.02. The van der Waals surface area contributed by atoms with Gasteiger partial charge in [0.1, 0.15) is 11.7 Å². The molecule has 4 nitrogen and oxygen atoms in total. The molecule has 1 aromatic carbocycles. The highest BCUT2D eigenvalue weighted by Crippen LogP contribution is 2.11. The minimum atomic E-state index is -1.04. The number of ether oxygens (including phenoxy) is 1. The van der Waals surface area contributed by atoms with Crippen molar-refractivity contribution in [2.75, 3.05) is 6.61 Å². The van der Waals surface area contributed by atoms with Crippen LogP contribution in [-0.4, -0.2) is 17.7 Å². The van der Waals surface area contributed by atoms with Gasteiger partial charge in [0.25, 0.3) is 0 Å². The highest BCUT2D eigenvalue weighted by molar-refractivity contribution is 5.72. The van der Waals surface area contributed by atoms with Gasteiger partial charge in [0.2, 0.25) is 0 Å². The van der Waals surface area contributed by atoms with Gasteiger partial charge < -0.3 is 9.84 Å². The maximum absolute atomic E-state index is 10.6. The summed E-state index contributed by atoms with van der Waals surface area (Å²) in [7, 11) is 0. The number of para-hydroxylation sites is 1. The molecule has 1 N–H and O–H groups in total. The van der Waals surface area contributed by atoms with E-state index in [1.54, 1.807) is 6.07 Å². The van der Waals surface area contributed by atoms with Gasteiger partial charge in [-0.15, -0.1) is 0 Å². The lowest BCUT2D eigenvalue weighted by atomic mass is 10.0. The van der Waals surface area contributed by atoms with Crippen LogP contribution < -0.4 is 4.74 Å². The van der Waals surface area contributed by atoms with Crippen LogP contribution in [0.4, 0.5) is 0 Å². The number of aliphatic carboxylic acids is 1. The average Bonchev–Trinajstić information content (AvgIpc) is 2.34. The number of rotatable bonds is 7. The lowest BCUT2D eigenvalue weighted by Crippen LogP contribution is -2.11. The van der Waals surface area contributed by atoms with E-state index < -0.39 is 11.9 Å². The zero-order valence-corrected chi connectivity index (χ0v) is 9.50. The Morgan fingerprint density at radius 3 is 2.65 bits per heavy atom. The highest BCUT2D eigenvalue weighted by Gasteiger charge is 2.15. The van der Waals surface area contributed by atoms with Gasteiger partial charge in [-0.2, -0.15) is 5.26 Å². The van der Waals surface area contributed by atoms with Crippen molar-refractivity contribution >= 4 is 5.97 Å². The molecule has 1 atom stereocenters. The van der Waals surface area contributed by atoms with Gasteiger partial charge in [0.15, 0.2) is 0 Å². The van der Waals surface area contributed by atoms with Crippen molar-refractivity contribution in [2.24, 2.45) is 5.92 Å². The number of carbonyl (C=O) groups is 1. The normalized spacial score (nSPS) is 11.5. The molecular weight excluding hydrogens is 218 g/mol. The Bertz CT molecular complexity index is 383. The fraction of sp³-hybridized carbons (Fsp3) is 0.385. The quantitative estimate of drug-likeness (QED) is 0.734. The third-order valence-electron chi connectivity index (χ3n) is 2.35. The van der Waals surface area contributed by atoms with E-state index in [0.29, 0.717) is 19.4 Å². The van der Waals surface area contributed by atoms with Crippen LogP contribution in [0.25, 0.3) is 0 Å². The summed E-state index contributed by atoms with van der Waals surface area (Å²) >= 11 is 0. The Morgan fingerprint density at radius 1 is 1.35 bits per heavy atom. The highest BCUT2D eigenvalue weighted by atomic mass is 16.5. The predicted molar refractivity (Wildman–Crippen MR) is 62.5 cm³/mol. The second kappa shape index (κ2) is 7.29. The number of nitrogens with zero attached hydrogens (tertiary/aromatic N) is 1. The summed E-state index contributed by atoms with van der Waals surface area (Å²) in [5.74, 6) is -1.13. The van der Waals surface area contributed by atoms with Gasteiger partial charge in [0, 0.05) is 0 Å². The van der Waals surface area contributed by atoms with Crippen LogP contribution in [0.5, 0.6) is 5.75 Å². The Morgan fingerprint density at radius 2 is 2.06 bits per heavy atom. The number of carboxylic acids is 1. The van der Waals surface area contributed by atoms with Crippen LogP contribution in [0.15, 0.2) is 30.3 Å². The summed E-state index contributed by atoms with van der Waals surface area (Å²) in [4.78, 5) is 10.6. The van der Waals surface area contributed by atoms with Crippen LogP contribution in [0.1, 0.15) is 19.3 Å². The van der Waals surface area contributed by atoms with E-state index in [1.807, 2.05) is 30.3 Å². The Labute approximate surface area is 100 Å². The molecule has 0 heterocycles. The summed E-state index contributed by atoms with van der Waals surface area (Å²) in [6.45, 7) is 0.543. The number of unbranched alkanes of at least 4 members (excludes halogenated alkanes) is 1. The molecular formula is C13H15NO3. The molecule has 1 rings (SSSR count). The fourth-order valence-electron chi connectivity index (χ4n) is 1.40. The number of benzene rings is 1. The number of carboxylic acid groups (broad SMARTS) is 1. The van der Waals surface area contributed by atoms with Crippen molar-refractivity contribution in [2.45, 2.75) is 19.3 Å². The van der Waals surface area contributed by atoms with E-state index in [9.17, 15) is 4.79 Å². The average molecular weight is 233 g/mol. The van der Waals surface area contributed by atoms with Crippen LogP contribution in [0.2, 0.25) is 0 Å². The van der Waals surface area contributed by atoms with Crippen LogP contribution in [-0.2, 0) is 4.79 Å². The molecule has 1 aromatic rings. The first-order valence-corrected chi connectivity index (χ1v) is 5.54. The van der Waals surface area contributed by atoms with Crippen molar-refractivity contribution in [3.8, 4) is 11.8 Å². The molecule has 0 radical (unpaired) electrons. The molecule has 4 heteroatoms. The van der Waals surface area contributed by atoms with Crippen molar-refractivity contribution in [1.29, 1.82) is 5.26 Å². The van der Waals surface area contributed by atoms with Crippen molar-refractivity contribution in [1.82, 2.24) is 0 Å². The second-order valence-corrected chi connectivity index (χ2v) is 3.68. The molecule has 0 amide bonds. The van der Waals surface area contributed by atoms with Gasteiger partial charge in [-0.1, -0.05) is 18.2 Å². The minimum absolute atomic E-state index is 0.379. The lowest BCUT2D eigenvalue weighted by molar-refractivity contribution is -0.140. The van der Waals surface area contributed by atoms with Gasteiger partial charge in [-0.05, 0) is 31.4 Å². The third kappa shape index (κ3) is 5.03. The number of hydrogen-bond acceptors (Lipinski definition) is 3. The van der Waals surface area contributed by atoms with Gasteiger partial charge in [-0.3, -0.25) is 4.79 Å². The molecule has 0 aliphatic rings. The maximum atomic E-state index is 10.6. The molecule has 0 aromatic heterocycles. The molecule has 1 unspecified atom stereocenters. The summed E-state index contributed by atoms with van der Waals surface area (Å²) in [5, 5.41) is 17.2. The molecule has 0 aliphatic heterocycles. The Balaban J connectivity index is 2.13. The first kappa shape index (κ1) is 13.0. The zero-order valence-electron chi connectivity index (χ0n) is 9.50. The molecule has 0 saturated heterocycles. The van der Waals surface area contributed by atoms with Gasteiger partial charge in [-0.25, -0.2) is 0 Å². The molecule has 0 saturated carbocycles. The zero-order chi connectivity index (χ0) is 12.5. The first-order chi connectivity index (χ1) is 8.24. The van der Waals surface area contributed by atoms with Crippen molar-refractivity contribution < 1.29 is 14.6 Å². The van der Waals surface area contributed by atoms with Gasteiger partial charge >= 0.3 is 5.97 Å². The maximum Gasteiger partial charge on any atom is 0.320 e. The van der Waals surface area contributed by atoms with Crippen molar-refractivity contribution in [3.05, 3.63) is 30.3 Å². The van der Waals surface area contributed by atoms with Crippen LogP contribution >= 0.6 is 0 Å². The van der Waals surface area contributed by atoms with E-state index >= 15 is 0 Å². The summed E-state index contributed by atoms with van der Waals surface area (Å²) in [5.41, 5.74) is 0. The van der Waals surface area contributed by atoms with Crippen molar-refractivity contribution in [3.63, 3.8) is 0 Å². The van der Waals surface area contributed by atoms with Crippen LogP contribution in [0.3, 0.4) is 0 Å². The number of nitriles is 1. The van der Waals surface area contributed by atoms with E-state index in [2.05, 4.69) is 0 Å². The van der Waals surface area contributed by atoms with E-state index in [1.165, 1.54) is 0 Å². The first-order valence-electron chi connectivity index (χ1n) is 5.54. The molecule has 17 heavy (non-hydrogen) atoms. The minimum Gasteiger partial charge on any atom is -0.494 e. The number of hydrogen-bond donors (Lipinski definition) is 1. The molecule has 0 spiro atoms. The molecule has 90 valence electrons. The largest absolute Gasteiger partial charge is 0.494 e. The SMILES string of the molecule is N#CC(CCCCOc1ccccc1)C(=O)O. The summed E-state index contributed by atoms with van der Waals surface area (Å²) in [6, 6.07) is 11.2. The molecule has 0 fully saturated rings. The third-order valence-corrected chi connectivity index (χ3v) is 2.35. The summed E-state index contributed by atoms with van der Waals surface area (Å²) in [6.07, 6.45) is 1.81. The molecule has 0 aliphatic carbocycles. The predicted octanol–water partition coefficient (Wildman–Crippen LogP) is 2.46. The van der Waals surface area contributed by atoms with E-state index in [0.717, 1.165) is 12.2 Å². The smallest absolute Gasteiger partial charge is 0.320 e. The summed E-state index contributed by atoms with van der Waals surface area (Å²) < 4.78 is 5.45. The van der Waals surface area contributed by atoms with E-state index in [-0.39, 0.29) is 0 Å². The molecule has 0 bridgehead atoms. The van der Waals surface area contributed by atoms with E-state index in [4.69, 9.17) is 15.1 Å². The monoisotopic (exact) mass is 233 g/mol. The fourth-order valence-corrected chi connectivity index (χ4v) is 1.40. The lowest BCUT2D eigenvalue weighted by Gasteiger charge is -2.06. The standard InChI is InChI=1S/C13H15NO3/c14-10-11(13(15)16)6-4-5-9-17-12-7-2-1-3-8-12/h1-3,7-8,11H,4-6,9H2,(H,15,16).